The largest absolute Gasteiger partial charge is 0.464 e. The fourth-order valence-corrected chi connectivity index (χ4v) is 3.51. The van der Waals surface area contributed by atoms with Crippen molar-refractivity contribution in [1.29, 1.82) is 0 Å². The summed E-state index contributed by atoms with van der Waals surface area (Å²) < 4.78 is 6.54. The van der Waals surface area contributed by atoms with Gasteiger partial charge in [0.25, 0.3) is 0 Å². The number of aromatic nitrogens is 4. The third-order valence-electron chi connectivity index (χ3n) is 3.69. The third-order valence-corrected chi connectivity index (χ3v) is 4.75. The van der Waals surface area contributed by atoms with Crippen LogP contribution >= 0.6 is 11.8 Å². The summed E-state index contributed by atoms with van der Waals surface area (Å²) in [7, 11) is 1.34. The molecule has 0 aromatic carbocycles. The minimum absolute atomic E-state index is 0.141. The van der Waals surface area contributed by atoms with Gasteiger partial charge in [0.05, 0.1) is 13.2 Å². The van der Waals surface area contributed by atoms with Crippen molar-refractivity contribution < 1.29 is 14.4 Å². The maximum Gasteiger partial charge on any atom is 0.355 e. The van der Waals surface area contributed by atoms with E-state index in [-0.39, 0.29) is 6.10 Å². The van der Waals surface area contributed by atoms with Crippen LogP contribution in [0, 0.1) is 0 Å². The molecule has 1 fully saturated rings. The average molecular weight is 311 g/mol. The van der Waals surface area contributed by atoms with Crippen LogP contribution < -0.4 is 0 Å². The van der Waals surface area contributed by atoms with E-state index < -0.39 is 5.97 Å². The first-order valence-electron chi connectivity index (χ1n) is 6.99. The molecule has 0 saturated heterocycles. The van der Waals surface area contributed by atoms with Gasteiger partial charge in [0, 0.05) is 12.2 Å². The number of tetrazole rings is 1. The first-order chi connectivity index (χ1) is 10.3. The maximum absolute atomic E-state index is 11.3. The highest BCUT2D eigenvalue weighted by Crippen LogP contribution is 2.32. The van der Waals surface area contributed by atoms with Crippen LogP contribution in [0.3, 0.4) is 0 Å². The van der Waals surface area contributed by atoms with Gasteiger partial charge in [-0.3, -0.25) is 0 Å². The Morgan fingerprint density at radius 3 is 3.05 bits per heavy atom. The van der Waals surface area contributed by atoms with Gasteiger partial charge in [-0.05, 0) is 23.3 Å². The van der Waals surface area contributed by atoms with Crippen LogP contribution in [0.15, 0.2) is 10.3 Å². The van der Waals surface area contributed by atoms with Crippen LogP contribution in [0.2, 0.25) is 0 Å². The second kappa shape index (κ2) is 6.42. The summed E-state index contributed by atoms with van der Waals surface area (Å²) in [6, 6.07) is 0.411. The second-order valence-electron chi connectivity index (χ2n) is 5.12. The van der Waals surface area contributed by atoms with Gasteiger partial charge in [-0.2, -0.15) is 0 Å². The summed E-state index contributed by atoms with van der Waals surface area (Å²) >= 11 is 1.54. The Bertz CT molecular complexity index is 541. The van der Waals surface area contributed by atoms with Gasteiger partial charge in [-0.15, -0.1) is 5.10 Å². The lowest BCUT2D eigenvalue weighted by Crippen LogP contribution is -2.18. The summed E-state index contributed by atoms with van der Waals surface area (Å²) in [4.78, 5) is 16.6. The molecule has 1 unspecified atom stereocenters. The number of methoxy groups -OCH3 is 1. The van der Waals surface area contributed by atoms with E-state index in [0.717, 1.165) is 18.0 Å². The molecule has 0 spiro atoms. The van der Waals surface area contributed by atoms with Gasteiger partial charge in [0.1, 0.15) is 6.10 Å². The molecule has 2 heterocycles. The average Bonchev–Trinajstić information content (AvgIpc) is 3.22. The SMILES string of the molecule is COC(=O)C1=NOC(CSc2nnnn2C2CCCC2)C1. The highest BCUT2D eigenvalue weighted by Gasteiger charge is 2.28. The van der Waals surface area contributed by atoms with E-state index >= 15 is 0 Å². The van der Waals surface area contributed by atoms with E-state index in [1.54, 1.807) is 0 Å². The number of oxime groups is 1. The lowest BCUT2D eigenvalue weighted by Gasteiger charge is -2.11. The van der Waals surface area contributed by atoms with Gasteiger partial charge in [-0.25, -0.2) is 9.48 Å². The lowest BCUT2D eigenvalue weighted by atomic mass is 10.2. The van der Waals surface area contributed by atoms with Crippen molar-refractivity contribution in [2.75, 3.05) is 12.9 Å². The molecule has 0 bridgehead atoms. The molecule has 1 aliphatic carbocycles. The van der Waals surface area contributed by atoms with Gasteiger partial charge >= 0.3 is 5.97 Å². The van der Waals surface area contributed by atoms with Crippen LogP contribution in [-0.2, 0) is 14.4 Å². The number of ether oxygens (including phenoxy) is 1. The Balaban J connectivity index is 1.53. The maximum atomic E-state index is 11.3. The summed E-state index contributed by atoms with van der Waals surface area (Å²) in [5.41, 5.74) is 0.332. The molecular weight excluding hydrogens is 294 g/mol. The number of nitrogens with zero attached hydrogens (tertiary/aromatic N) is 5. The fourth-order valence-electron chi connectivity index (χ4n) is 2.58. The first-order valence-corrected chi connectivity index (χ1v) is 7.98. The number of thioether (sulfide) groups is 1. The number of rotatable bonds is 5. The van der Waals surface area contributed by atoms with Crippen molar-refractivity contribution in [3.63, 3.8) is 0 Å². The van der Waals surface area contributed by atoms with E-state index in [1.165, 1.54) is 31.7 Å². The summed E-state index contributed by atoms with van der Waals surface area (Å²) in [5.74, 6) is 0.218. The molecule has 1 atom stereocenters. The zero-order valence-corrected chi connectivity index (χ0v) is 12.6. The second-order valence-corrected chi connectivity index (χ2v) is 6.10. The van der Waals surface area contributed by atoms with Gasteiger partial charge in [-0.1, -0.05) is 29.8 Å². The molecule has 1 aliphatic heterocycles. The van der Waals surface area contributed by atoms with Crippen molar-refractivity contribution in [2.45, 2.75) is 49.4 Å². The number of carbonyl (C=O) groups is 1. The van der Waals surface area contributed by atoms with E-state index in [2.05, 4.69) is 25.4 Å². The minimum Gasteiger partial charge on any atom is -0.464 e. The summed E-state index contributed by atoms with van der Waals surface area (Å²) in [5, 5.41) is 16.5. The summed E-state index contributed by atoms with van der Waals surface area (Å²) in [6.07, 6.45) is 5.05. The molecule has 0 N–H and O–H groups in total. The van der Waals surface area contributed by atoms with Crippen LogP contribution in [0.1, 0.15) is 38.1 Å². The van der Waals surface area contributed by atoms with Crippen molar-refractivity contribution >= 4 is 23.4 Å². The zero-order chi connectivity index (χ0) is 14.7. The standard InChI is InChI=1S/C12H17N5O3S/c1-19-11(18)10-6-9(20-14-10)7-21-12-13-15-16-17(12)8-4-2-3-5-8/h8-9H,2-7H2,1H3. The zero-order valence-electron chi connectivity index (χ0n) is 11.8. The summed E-state index contributed by atoms with van der Waals surface area (Å²) in [6.45, 7) is 0. The number of carbonyl (C=O) groups excluding carboxylic acids is 1. The van der Waals surface area contributed by atoms with Crippen LogP contribution in [-0.4, -0.2) is 50.9 Å². The topological polar surface area (TPSA) is 91.5 Å². The molecule has 2 aliphatic rings. The smallest absolute Gasteiger partial charge is 0.355 e. The molecule has 8 nitrogen and oxygen atoms in total. The Kier molecular flexibility index (Phi) is 4.37. The molecule has 21 heavy (non-hydrogen) atoms. The highest BCUT2D eigenvalue weighted by molar-refractivity contribution is 7.99. The number of hydrogen-bond donors (Lipinski definition) is 0. The van der Waals surface area contributed by atoms with Crippen molar-refractivity contribution in [3.8, 4) is 0 Å². The predicted octanol–water partition coefficient (Wildman–Crippen LogP) is 1.20. The lowest BCUT2D eigenvalue weighted by molar-refractivity contribution is -0.132. The van der Waals surface area contributed by atoms with Crippen molar-refractivity contribution in [1.82, 2.24) is 20.2 Å². The van der Waals surface area contributed by atoms with E-state index in [1.807, 2.05) is 4.68 Å². The molecular formula is C12H17N5O3S. The molecule has 0 radical (unpaired) electrons. The monoisotopic (exact) mass is 311 g/mol. The number of hydrogen-bond acceptors (Lipinski definition) is 8. The van der Waals surface area contributed by atoms with Crippen LogP contribution in [0.25, 0.3) is 0 Å². The predicted molar refractivity (Wildman–Crippen MR) is 75.0 cm³/mol. The van der Waals surface area contributed by atoms with Gasteiger partial charge < -0.3 is 9.57 Å². The Morgan fingerprint density at radius 2 is 2.29 bits per heavy atom. The molecule has 1 aromatic heterocycles. The van der Waals surface area contributed by atoms with E-state index in [9.17, 15) is 4.79 Å². The van der Waals surface area contributed by atoms with Crippen LogP contribution in [0.4, 0.5) is 0 Å². The number of esters is 1. The van der Waals surface area contributed by atoms with Crippen LogP contribution in [0.5, 0.6) is 0 Å². The van der Waals surface area contributed by atoms with Crippen molar-refractivity contribution in [2.24, 2.45) is 5.16 Å². The molecule has 9 heteroatoms. The minimum atomic E-state index is -0.432. The molecule has 1 aromatic rings. The Hall–Kier alpha value is -1.64. The van der Waals surface area contributed by atoms with Gasteiger partial charge in [0.15, 0.2) is 5.71 Å². The third kappa shape index (κ3) is 3.17. The first kappa shape index (κ1) is 14.3. The normalized spacial score (nSPS) is 22.1. The molecule has 1 saturated carbocycles. The highest BCUT2D eigenvalue weighted by atomic mass is 32.2. The fraction of sp³-hybridized carbons (Fsp3) is 0.750. The quantitative estimate of drug-likeness (QED) is 0.596. The van der Waals surface area contributed by atoms with E-state index in [0.29, 0.717) is 23.9 Å². The molecule has 0 amide bonds. The molecule has 114 valence electrons. The van der Waals surface area contributed by atoms with Crippen molar-refractivity contribution in [3.05, 3.63) is 0 Å². The van der Waals surface area contributed by atoms with Gasteiger partial charge in [0.2, 0.25) is 5.16 Å². The Labute approximate surface area is 126 Å². The Morgan fingerprint density at radius 1 is 1.48 bits per heavy atom. The molecule has 3 rings (SSSR count). The van der Waals surface area contributed by atoms with E-state index in [4.69, 9.17) is 4.84 Å².